The molecule has 0 aliphatic heterocycles. The average molecular weight is 427 g/mol. The molecule has 0 fully saturated rings. The summed E-state index contributed by atoms with van der Waals surface area (Å²) >= 11 is 15.0. The van der Waals surface area contributed by atoms with Crippen LogP contribution in [0.1, 0.15) is 11.1 Å². The standard InChI is InChI=1S/C16H10BrCl2N3O2/c17-12-2-4-15(11(5-12)7-20)24-9-16(23)22-21-8-10-1-3-13(18)6-14(10)19/h1-6,8H,9H2,(H,22,23). The topological polar surface area (TPSA) is 74.5 Å². The van der Waals surface area contributed by atoms with Crippen LogP contribution in [0.2, 0.25) is 10.0 Å². The molecule has 0 bridgehead atoms. The molecular formula is C16H10BrCl2N3O2. The molecule has 2 aromatic carbocycles. The van der Waals surface area contributed by atoms with Gasteiger partial charge in [0.15, 0.2) is 6.61 Å². The van der Waals surface area contributed by atoms with Crippen LogP contribution in [0.15, 0.2) is 46.0 Å². The number of nitrogens with one attached hydrogen (secondary N) is 1. The molecule has 0 aliphatic carbocycles. The number of carbonyl (C=O) groups is 1. The molecule has 1 N–H and O–H groups in total. The van der Waals surface area contributed by atoms with Gasteiger partial charge in [-0.25, -0.2) is 5.43 Å². The van der Waals surface area contributed by atoms with Gasteiger partial charge in [-0.15, -0.1) is 0 Å². The van der Waals surface area contributed by atoms with Gasteiger partial charge in [0.1, 0.15) is 11.8 Å². The smallest absolute Gasteiger partial charge is 0.277 e. The van der Waals surface area contributed by atoms with Gasteiger partial charge in [0.25, 0.3) is 5.91 Å². The van der Waals surface area contributed by atoms with E-state index in [1.807, 2.05) is 6.07 Å². The Kier molecular flexibility index (Phi) is 6.62. The molecule has 2 aromatic rings. The lowest BCUT2D eigenvalue weighted by molar-refractivity contribution is -0.123. The summed E-state index contributed by atoms with van der Waals surface area (Å²) < 4.78 is 6.06. The van der Waals surface area contributed by atoms with Crippen molar-refractivity contribution in [2.24, 2.45) is 5.10 Å². The maximum atomic E-state index is 11.7. The Labute approximate surface area is 157 Å². The number of benzene rings is 2. The second kappa shape index (κ2) is 8.69. The molecule has 0 aromatic heterocycles. The number of rotatable bonds is 5. The molecule has 1 amide bonds. The molecule has 0 saturated heterocycles. The molecule has 122 valence electrons. The third kappa shape index (κ3) is 5.24. The zero-order valence-corrected chi connectivity index (χ0v) is 15.2. The van der Waals surface area contributed by atoms with Crippen molar-refractivity contribution >= 4 is 51.3 Å². The normalized spacial score (nSPS) is 10.4. The molecule has 8 heteroatoms. The van der Waals surface area contributed by atoms with Crippen molar-refractivity contribution in [1.82, 2.24) is 5.43 Å². The molecule has 0 aliphatic rings. The summed E-state index contributed by atoms with van der Waals surface area (Å²) in [7, 11) is 0. The fourth-order valence-electron chi connectivity index (χ4n) is 1.67. The van der Waals surface area contributed by atoms with E-state index in [0.717, 1.165) is 4.47 Å². The average Bonchev–Trinajstić information content (AvgIpc) is 2.55. The number of hydrazone groups is 1. The first-order valence-corrected chi connectivity index (χ1v) is 8.14. The first-order chi connectivity index (χ1) is 11.5. The Morgan fingerprint density at radius 2 is 2.12 bits per heavy atom. The largest absolute Gasteiger partial charge is 0.482 e. The van der Waals surface area contributed by atoms with Crippen LogP contribution in [0, 0.1) is 11.3 Å². The zero-order valence-electron chi connectivity index (χ0n) is 12.1. The second-order valence-electron chi connectivity index (χ2n) is 4.50. The van der Waals surface area contributed by atoms with E-state index in [0.29, 0.717) is 26.9 Å². The van der Waals surface area contributed by atoms with Gasteiger partial charge in [0.2, 0.25) is 0 Å². The number of amides is 1. The fraction of sp³-hybridized carbons (Fsp3) is 0.0625. The Hall–Kier alpha value is -2.07. The molecule has 0 unspecified atom stereocenters. The summed E-state index contributed by atoms with van der Waals surface area (Å²) in [5, 5.41) is 13.8. The Morgan fingerprint density at radius 1 is 1.33 bits per heavy atom. The Morgan fingerprint density at radius 3 is 2.83 bits per heavy atom. The Bertz CT molecular complexity index is 835. The summed E-state index contributed by atoms with van der Waals surface area (Å²) in [5.74, 6) is -0.149. The number of nitrogens with zero attached hydrogens (tertiary/aromatic N) is 2. The van der Waals surface area contributed by atoms with E-state index in [1.165, 1.54) is 6.21 Å². The highest BCUT2D eigenvalue weighted by molar-refractivity contribution is 9.10. The molecule has 0 spiro atoms. The number of halogens is 3. The fourth-order valence-corrected chi connectivity index (χ4v) is 2.49. The molecular weight excluding hydrogens is 417 g/mol. The first kappa shape index (κ1) is 18.3. The summed E-state index contributed by atoms with van der Waals surface area (Å²) in [6, 6.07) is 11.8. The van der Waals surface area contributed by atoms with Gasteiger partial charge in [-0.1, -0.05) is 45.2 Å². The highest BCUT2D eigenvalue weighted by Gasteiger charge is 2.07. The van der Waals surface area contributed by atoms with Crippen LogP contribution in [0.3, 0.4) is 0 Å². The van der Waals surface area contributed by atoms with E-state index in [2.05, 4.69) is 26.5 Å². The van der Waals surface area contributed by atoms with Gasteiger partial charge < -0.3 is 4.74 Å². The number of nitriles is 1. The lowest BCUT2D eigenvalue weighted by atomic mass is 10.2. The number of carbonyl (C=O) groups excluding carboxylic acids is 1. The van der Waals surface area contributed by atoms with Crippen molar-refractivity contribution in [2.75, 3.05) is 6.61 Å². The van der Waals surface area contributed by atoms with Crippen molar-refractivity contribution in [3.05, 3.63) is 62.0 Å². The van der Waals surface area contributed by atoms with Crippen molar-refractivity contribution in [2.45, 2.75) is 0 Å². The van der Waals surface area contributed by atoms with E-state index < -0.39 is 5.91 Å². The first-order valence-electron chi connectivity index (χ1n) is 6.59. The van der Waals surface area contributed by atoms with Crippen molar-refractivity contribution < 1.29 is 9.53 Å². The van der Waals surface area contributed by atoms with E-state index in [1.54, 1.807) is 36.4 Å². The van der Waals surface area contributed by atoms with Gasteiger partial charge in [0.05, 0.1) is 16.8 Å². The predicted octanol–water partition coefficient (Wildman–Crippen LogP) is 4.16. The molecule has 0 saturated carbocycles. The van der Waals surface area contributed by atoms with Crippen LogP contribution in [0.25, 0.3) is 0 Å². The lowest BCUT2D eigenvalue weighted by Crippen LogP contribution is -2.24. The van der Waals surface area contributed by atoms with E-state index in [9.17, 15) is 4.79 Å². The van der Waals surface area contributed by atoms with Crippen LogP contribution in [0.5, 0.6) is 5.75 Å². The molecule has 5 nitrogen and oxygen atoms in total. The number of ether oxygens (including phenoxy) is 1. The monoisotopic (exact) mass is 425 g/mol. The third-order valence-corrected chi connectivity index (χ3v) is 3.83. The molecule has 0 heterocycles. The lowest BCUT2D eigenvalue weighted by Gasteiger charge is -2.07. The third-order valence-electron chi connectivity index (χ3n) is 2.78. The summed E-state index contributed by atoms with van der Waals surface area (Å²) in [6.07, 6.45) is 1.40. The minimum atomic E-state index is -0.469. The summed E-state index contributed by atoms with van der Waals surface area (Å²) in [5.41, 5.74) is 3.25. The summed E-state index contributed by atoms with van der Waals surface area (Å²) in [4.78, 5) is 11.7. The van der Waals surface area contributed by atoms with Crippen LogP contribution in [0.4, 0.5) is 0 Å². The SMILES string of the molecule is N#Cc1cc(Br)ccc1OCC(=O)NN=Cc1ccc(Cl)cc1Cl. The van der Waals surface area contributed by atoms with Crippen molar-refractivity contribution in [3.8, 4) is 11.8 Å². The van der Waals surface area contributed by atoms with E-state index >= 15 is 0 Å². The quantitative estimate of drug-likeness (QED) is 0.576. The Balaban J connectivity index is 1.90. The van der Waals surface area contributed by atoms with Crippen molar-refractivity contribution in [1.29, 1.82) is 5.26 Å². The molecule has 0 radical (unpaired) electrons. The second-order valence-corrected chi connectivity index (χ2v) is 6.26. The molecule has 2 rings (SSSR count). The maximum Gasteiger partial charge on any atom is 0.277 e. The molecule has 0 atom stereocenters. The van der Waals surface area contributed by atoms with Crippen LogP contribution in [-0.4, -0.2) is 18.7 Å². The van der Waals surface area contributed by atoms with Gasteiger partial charge in [-0.2, -0.15) is 10.4 Å². The molecule has 24 heavy (non-hydrogen) atoms. The van der Waals surface area contributed by atoms with Crippen molar-refractivity contribution in [3.63, 3.8) is 0 Å². The maximum absolute atomic E-state index is 11.7. The minimum absolute atomic E-state index is 0.276. The highest BCUT2D eigenvalue weighted by Crippen LogP contribution is 2.22. The predicted molar refractivity (Wildman–Crippen MR) is 96.6 cm³/mol. The number of hydrogen-bond acceptors (Lipinski definition) is 4. The van der Waals surface area contributed by atoms with Gasteiger partial charge >= 0.3 is 0 Å². The van der Waals surface area contributed by atoms with E-state index in [-0.39, 0.29) is 6.61 Å². The summed E-state index contributed by atoms with van der Waals surface area (Å²) in [6.45, 7) is -0.276. The zero-order chi connectivity index (χ0) is 17.5. The van der Waals surface area contributed by atoms with Gasteiger partial charge in [0, 0.05) is 15.1 Å². The van der Waals surface area contributed by atoms with Crippen LogP contribution in [-0.2, 0) is 4.79 Å². The van der Waals surface area contributed by atoms with Gasteiger partial charge in [-0.3, -0.25) is 4.79 Å². The minimum Gasteiger partial charge on any atom is -0.482 e. The van der Waals surface area contributed by atoms with Crippen LogP contribution >= 0.6 is 39.1 Å². The van der Waals surface area contributed by atoms with Gasteiger partial charge in [-0.05, 0) is 30.3 Å². The van der Waals surface area contributed by atoms with E-state index in [4.69, 9.17) is 33.2 Å². The number of hydrogen-bond donors (Lipinski definition) is 1. The highest BCUT2D eigenvalue weighted by atomic mass is 79.9. The van der Waals surface area contributed by atoms with Crippen LogP contribution < -0.4 is 10.2 Å².